The minimum Gasteiger partial charge on any atom is -0.391 e. The Morgan fingerprint density at radius 3 is 2.56 bits per heavy atom. The van der Waals surface area contributed by atoms with Gasteiger partial charge in [-0.05, 0) is 6.92 Å². The zero-order chi connectivity index (χ0) is 6.85. The van der Waals surface area contributed by atoms with Crippen LogP contribution < -0.4 is 5.32 Å². The quantitative estimate of drug-likeness (QED) is 0.491. The topological polar surface area (TPSA) is 32.3 Å². The van der Waals surface area contributed by atoms with Gasteiger partial charge in [0.25, 0.3) is 0 Å². The van der Waals surface area contributed by atoms with Crippen LogP contribution in [0.5, 0.6) is 0 Å². The second-order valence-electron chi connectivity index (χ2n) is 2.68. The van der Waals surface area contributed by atoms with Crippen LogP contribution >= 0.6 is 0 Å². The van der Waals surface area contributed by atoms with Crippen molar-refractivity contribution in [2.45, 2.75) is 13.0 Å². The molecule has 2 nitrogen and oxygen atoms in total. The Morgan fingerprint density at radius 2 is 2.33 bits per heavy atom. The van der Waals surface area contributed by atoms with Gasteiger partial charge in [0.15, 0.2) is 0 Å². The summed E-state index contributed by atoms with van der Waals surface area (Å²) in [7, 11) is 0. The summed E-state index contributed by atoms with van der Waals surface area (Å²) in [6, 6.07) is 0. The third kappa shape index (κ3) is 1.32. The molecule has 1 saturated heterocycles. The van der Waals surface area contributed by atoms with Gasteiger partial charge in [-0.25, -0.2) is 0 Å². The molecule has 0 saturated carbocycles. The van der Waals surface area contributed by atoms with Gasteiger partial charge in [-0.1, -0.05) is 12.2 Å². The lowest BCUT2D eigenvalue weighted by Gasteiger charge is -2.11. The van der Waals surface area contributed by atoms with E-state index in [4.69, 9.17) is 0 Å². The van der Waals surface area contributed by atoms with Gasteiger partial charge in [0.05, 0.1) is 6.10 Å². The first-order chi connectivity index (χ1) is 4.22. The molecule has 1 aliphatic rings. The molecule has 2 heteroatoms. The second-order valence-corrected chi connectivity index (χ2v) is 2.68. The van der Waals surface area contributed by atoms with E-state index in [0.717, 1.165) is 18.7 Å². The van der Waals surface area contributed by atoms with Crippen LogP contribution in [0, 0.1) is 5.92 Å². The van der Waals surface area contributed by atoms with Gasteiger partial charge in [0.1, 0.15) is 0 Å². The molecule has 0 aromatic heterocycles. The van der Waals surface area contributed by atoms with Gasteiger partial charge in [-0.2, -0.15) is 0 Å². The van der Waals surface area contributed by atoms with E-state index in [1.54, 1.807) is 0 Å². The molecule has 2 atom stereocenters. The Balaban J connectivity index is 2.49. The zero-order valence-electron chi connectivity index (χ0n) is 5.72. The molecule has 2 N–H and O–H groups in total. The fraction of sp³-hybridized carbons (Fsp3) is 0.714. The molecule has 0 bridgehead atoms. The van der Waals surface area contributed by atoms with Crippen molar-refractivity contribution in [1.29, 1.82) is 0 Å². The fourth-order valence-electron chi connectivity index (χ4n) is 1.17. The van der Waals surface area contributed by atoms with E-state index < -0.39 is 0 Å². The second kappa shape index (κ2) is 2.50. The summed E-state index contributed by atoms with van der Waals surface area (Å²) < 4.78 is 0. The summed E-state index contributed by atoms with van der Waals surface area (Å²) in [5, 5.41) is 12.3. The van der Waals surface area contributed by atoms with E-state index in [2.05, 4.69) is 11.9 Å². The molecular formula is C7H13NO. The van der Waals surface area contributed by atoms with Gasteiger partial charge < -0.3 is 10.4 Å². The highest BCUT2D eigenvalue weighted by Crippen LogP contribution is 2.15. The molecule has 9 heavy (non-hydrogen) atoms. The van der Waals surface area contributed by atoms with E-state index in [9.17, 15) is 5.11 Å². The molecule has 52 valence electrons. The van der Waals surface area contributed by atoms with Crippen molar-refractivity contribution >= 4 is 0 Å². The van der Waals surface area contributed by atoms with Gasteiger partial charge in [0, 0.05) is 19.0 Å². The smallest absolute Gasteiger partial charge is 0.0741 e. The van der Waals surface area contributed by atoms with Crippen molar-refractivity contribution in [3.63, 3.8) is 0 Å². The monoisotopic (exact) mass is 127 g/mol. The lowest BCUT2D eigenvalue weighted by molar-refractivity contribution is 0.163. The van der Waals surface area contributed by atoms with Crippen LogP contribution in [-0.2, 0) is 0 Å². The van der Waals surface area contributed by atoms with Crippen molar-refractivity contribution in [3.8, 4) is 0 Å². The van der Waals surface area contributed by atoms with Gasteiger partial charge in [-0.3, -0.25) is 0 Å². The van der Waals surface area contributed by atoms with Gasteiger partial charge >= 0.3 is 0 Å². The van der Waals surface area contributed by atoms with E-state index in [0.29, 0.717) is 0 Å². The number of β-amino-alcohol motifs (C(OH)–C–C–N with tert-alkyl or cyclic N) is 1. The molecule has 0 aliphatic carbocycles. The van der Waals surface area contributed by atoms with Crippen LogP contribution in [0.25, 0.3) is 0 Å². The number of hydrogen-bond acceptors (Lipinski definition) is 2. The summed E-state index contributed by atoms with van der Waals surface area (Å²) >= 11 is 0. The normalized spacial score (nSPS) is 34.9. The Labute approximate surface area is 55.6 Å². The van der Waals surface area contributed by atoms with Crippen molar-refractivity contribution in [1.82, 2.24) is 5.32 Å². The molecule has 0 aromatic rings. The number of nitrogens with one attached hydrogen (secondary N) is 1. The van der Waals surface area contributed by atoms with Crippen LogP contribution in [-0.4, -0.2) is 24.3 Å². The van der Waals surface area contributed by atoms with Crippen LogP contribution in [0.2, 0.25) is 0 Å². The summed E-state index contributed by atoms with van der Waals surface area (Å²) in [6.07, 6.45) is -0.206. The first kappa shape index (κ1) is 6.78. The molecule has 0 aromatic carbocycles. The number of aliphatic hydroxyl groups excluding tert-OH is 1. The SMILES string of the molecule is C=C(C)[C@@H]1CNC[C@H]1O. The Hall–Kier alpha value is -0.340. The highest BCUT2D eigenvalue weighted by Gasteiger charge is 2.24. The third-order valence-electron chi connectivity index (χ3n) is 1.82. The summed E-state index contributed by atoms with van der Waals surface area (Å²) in [4.78, 5) is 0. The zero-order valence-corrected chi connectivity index (χ0v) is 5.72. The molecule has 1 fully saturated rings. The molecule has 1 rings (SSSR count). The average molecular weight is 127 g/mol. The van der Waals surface area contributed by atoms with E-state index >= 15 is 0 Å². The predicted octanol–water partition coefficient (Wildman–Crippen LogP) is 0.143. The number of aliphatic hydroxyl groups is 1. The molecule has 0 unspecified atom stereocenters. The Morgan fingerprint density at radius 1 is 1.67 bits per heavy atom. The van der Waals surface area contributed by atoms with Crippen LogP contribution in [0.15, 0.2) is 12.2 Å². The molecule has 1 aliphatic heterocycles. The van der Waals surface area contributed by atoms with E-state index in [1.165, 1.54) is 0 Å². The third-order valence-corrected chi connectivity index (χ3v) is 1.82. The predicted molar refractivity (Wildman–Crippen MR) is 37.2 cm³/mol. The number of rotatable bonds is 1. The Kier molecular flexibility index (Phi) is 1.88. The standard InChI is InChI=1S/C7H13NO/c1-5(2)6-3-8-4-7(6)9/h6-9H,1,3-4H2,2H3/t6-,7+/m0/s1. The average Bonchev–Trinajstić information content (AvgIpc) is 2.13. The van der Waals surface area contributed by atoms with Crippen LogP contribution in [0.1, 0.15) is 6.92 Å². The van der Waals surface area contributed by atoms with Gasteiger partial charge in [-0.15, -0.1) is 0 Å². The van der Waals surface area contributed by atoms with Crippen molar-refractivity contribution < 1.29 is 5.11 Å². The summed E-state index contributed by atoms with van der Waals surface area (Å²) in [5.41, 5.74) is 1.08. The van der Waals surface area contributed by atoms with Crippen molar-refractivity contribution in [2.24, 2.45) is 5.92 Å². The minimum atomic E-state index is -0.206. The first-order valence-electron chi connectivity index (χ1n) is 3.26. The molecule has 0 radical (unpaired) electrons. The minimum absolute atomic E-state index is 0.206. The highest BCUT2D eigenvalue weighted by molar-refractivity contribution is 5.03. The van der Waals surface area contributed by atoms with Crippen LogP contribution in [0.4, 0.5) is 0 Å². The largest absolute Gasteiger partial charge is 0.391 e. The molecule has 0 amide bonds. The fourth-order valence-corrected chi connectivity index (χ4v) is 1.17. The molecular weight excluding hydrogens is 114 g/mol. The maximum atomic E-state index is 9.24. The lowest BCUT2D eigenvalue weighted by atomic mass is 9.99. The maximum Gasteiger partial charge on any atom is 0.0741 e. The van der Waals surface area contributed by atoms with Gasteiger partial charge in [0.2, 0.25) is 0 Å². The van der Waals surface area contributed by atoms with Crippen LogP contribution in [0.3, 0.4) is 0 Å². The first-order valence-corrected chi connectivity index (χ1v) is 3.26. The lowest BCUT2D eigenvalue weighted by Crippen LogP contribution is -2.18. The highest BCUT2D eigenvalue weighted by atomic mass is 16.3. The maximum absolute atomic E-state index is 9.24. The van der Waals surface area contributed by atoms with E-state index in [-0.39, 0.29) is 12.0 Å². The summed E-state index contributed by atoms with van der Waals surface area (Å²) in [5.74, 6) is 0.282. The van der Waals surface area contributed by atoms with Crippen molar-refractivity contribution in [2.75, 3.05) is 13.1 Å². The summed E-state index contributed by atoms with van der Waals surface area (Å²) in [6.45, 7) is 7.35. The number of hydrogen-bond donors (Lipinski definition) is 2. The molecule has 0 spiro atoms. The Bertz CT molecular complexity index is 122. The van der Waals surface area contributed by atoms with E-state index in [1.807, 2.05) is 6.92 Å². The molecule has 1 heterocycles. The van der Waals surface area contributed by atoms with Crippen molar-refractivity contribution in [3.05, 3.63) is 12.2 Å².